The molecule has 0 aromatic carbocycles. The van der Waals surface area contributed by atoms with E-state index in [1.165, 1.54) is 13.8 Å². The van der Waals surface area contributed by atoms with Crippen molar-refractivity contribution >= 4 is 16.0 Å². The minimum absolute atomic E-state index is 0.0184. The van der Waals surface area contributed by atoms with Crippen LogP contribution in [0.5, 0.6) is 0 Å². The van der Waals surface area contributed by atoms with Gasteiger partial charge in [0.2, 0.25) is 10.0 Å². The third-order valence-electron chi connectivity index (χ3n) is 3.19. The predicted octanol–water partition coefficient (Wildman–Crippen LogP) is 0.508. The standard InChI is InChI=1S/C12H14N2O6S/c1-7-10(12(15)16)11(8(2)20-7)21(17,18)14-3-4-19-9(5-13)6-14/h9H,3-4,6H2,1-2H3,(H,15,16). The van der Waals surface area contributed by atoms with E-state index in [4.69, 9.17) is 14.4 Å². The smallest absolute Gasteiger partial charge is 0.340 e. The van der Waals surface area contributed by atoms with Crippen LogP contribution in [-0.2, 0) is 14.8 Å². The van der Waals surface area contributed by atoms with Crippen molar-refractivity contribution in [3.8, 4) is 6.07 Å². The Kier molecular flexibility index (Phi) is 4.04. The lowest BCUT2D eigenvalue weighted by atomic mass is 10.2. The van der Waals surface area contributed by atoms with Crippen LogP contribution in [0.25, 0.3) is 0 Å². The summed E-state index contributed by atoms with van der Waals surface area (Å²) < 4.78 is 36.6. The molecule has 0 spiro atoms. The van der Waals surface area contributed by atoms with Crippen LogP contribution in [0.15, 0.2) is 9.31 Å². The second-order valence-corrected chi connectivity index (χ2v) is 6.45. The highest BCUT2D eigenvalue weighted by Gasteiger charge is 2.37. The molecule has 1 aromatic rings. The molecule has 0 bridgehead atoms. The van der Waals surface area contributed by atoms with Crippen LogP contribution in [0.4, 0.5) is 0 Å². The normalized spacial score (nSPS) is 20.1. The van der Waals surface area contributed by atoms with Gasteiger partial charge in [-0.1, -0.05) is 0 Å². The summed E-state index contributed by atoms with van der Waals surface area (Å²) in [7, 11) is -4.06. The quantitative estimate of drug-likeness (QED) is 0.862. The van der Waals surface area contributed by atoms with E-state index in [2.05, 4.69) is 0 Å². The number of rotatable bonds is 3. The molecular weight excluding hydrogens is 300 g/mol. The summed E-state index contributed by atoms with van der Waals surface area (Å²) in [5.41, 5.74) is -0.368. The van der Waals surface area contributed by atoms with Crippen molar-refractivity contribution in [2.75, 3.05) is 19.7 Å². The van der Waals surface area contributed by atoms with Gasteiger partial charge in [0.1, 0.15) is 22.0 Å². The summed E-state index contributed by atoms with van der Waals surface area (Å²) in [5.74, 6) is -1.32. The molecule has 0 radical (unpaired) electrons. The first-order valence-corrected chi connectivity index (χ1v) is 7.57. The van der Waals surface area contributed by atoms with E-state index in [9.17, 15) is 18.3 Å². The Morgan fingerprint density at radius 3 is 2.67 bits per heavy atom. The van der Waals surface area contributed by atoms with E-state index in [0.29, 0.717) is 0 Å². The minimum Gasteiger partial charge on any atom is -0.478 e. The van der Waals surface area contributed by atoms with E-state index in [0.717, 1.165) is 4.31 Å². The minimum atomic E-state index is -4.06. The number of nitrogens with zero attached hydrogens (tertiary/aromatic N) is 2. The van der Waals surface area contributed by atoms with Crippen LogP contribution < -0.4 is 0 Å². The van der Waals surface area contributed by atoms with Crippen molar-refractivity contribution in [2.45, 2.75) is 24.8 Å². The van der Waals surface area contributed by atoms with Gasteiger partial charge in [0.25, 0.3) is 0 Å². The van der Waals surface area contributed by atoms with Crippen LogP contribution in [0.2, 0.25) is 0 Å². The molecule has 1 unspecified atom stereocenters. The molecule has 0 saturated carbocycles. The fourth-order valence-electron chi connectivity index (χ4n) is 2.27. The van der Waals surface area contributed by atoms with Crippen LogP contribution in [-0.4, -0.2) is 49.6 Å². The van der Waals surface area contributed by atoms with Gasteiger partial charge < -0.3 is 14.3 Å². The Morgan fingerprint density at radius 1 is 1.43 bits per heavy atom. The maximum Gasteiger partial charge on any atom is 0.340 e. The predicted molar refractivity (Wildman–Crippen MR) is 69.3 cm³/mol. The average Bonchev–Trinajstić information content (AvgIpc) is 2.74. The van der Waals surface area contributed by atoms with E-state index in [1.807, 2.05) is 6.07 Å². The summed E-state index contributed by atoms with van der Waals surface area (Å²) in [6, 6.07) is 1.85. The summed E-state index contributed by atoms with van der Waals surface area (Å²) in [6.45, 7) is 2.79. The molecule has 8 nitrogen and oxygen atoms in total. The average molecular weight is 314 g/mol. The van der Waals surface area contributed by atoms with Crippen LogP contribution >= 0.6 is 0 Å². The first-order valence-electron chi connectivity index (χ1n) is 6.13. The lowest BCUT2D eigenvalue weighted by molar-refractivity contribution is 0.0311. The number of carbonyl (C=O) groups is 1. The molecule has 1 aliphatic heterocycles. The second-order valence-electron chi connectivity index (χ2n) is 4.58. The van der Waals surface area contributed by atoms with Crippen molar-refractivity contribution in [1.29, 1.82) is 5.26 Å². The van der Waals surface area contributed by atoms with Crippen molar-refractivity contribution in [1.82, 2.24) is 4.31 Å². The van der Waals surface area contributed by atoms with Gasteiger partial charge in [-0.15, -0.1) is 0 Å². The van der Waals surface area contributed by atoms with Crippen molar-refractivity contribution in [3.63, 3.8) is 0 Å². The van der Waals surface area contributed by atoms with Gasteiger partial charge in [-0.05, 0) is 13.8 Å². The number of sulfonamides is 1. The topological polar surface area (TPSA) is 121 Å². The molecule has 1 fully saturated rings. The Balaban J connectivity index is 2.50. The number of carboxylic acid groups (broad SMARTS) is 1. The molecule has 1 aromatic heterocycles. The van der Waals surface area contributed by atoms with Crippen molar-refractivity contribution in [3.05, 3.63) is 17.1 Å². The number of ether oxygens (including phenoxy) is 1. The Hall–Kier alpha value is -1.89. The molecular formula is C12H14N2O6S. The van der Waals surface area contributed by atoms with E-state index >= 15 is 0 Å². The van der Waals surface area contributed by atoms with Gasteiger partial charge in [0.15, 0.2) is 6.10 Å². The molecule has 1 aliphatic rings. The van der Waals surface area contributed by atoms with Gasteiger partial charge in [-0.3, -0.25) is 0 Å². The molecule has 1 atom stereocenters. The highest BCUT2D eigenvalue weighted by atomic mass is 32.2. The van der Waals surface area contributed by atoms with Gasteiger partial charge in [0.05, 0.1) is 19.2 Å². The third kappa shape index (κ3) is 2.65. The number of morpholine rings is 1. The van der Waals surface area contributed by atoms with Crippen molar-refractivity contribution < 1.29 is 27.5 Å². The first kappa shape index (κ1) is 15.5. The Morgan fingerprint density at radius 2 is 2.10 bits per heavy atom. The van der Waals surface area contributed by atoms with Crippen molar-refractivity contribution in [2.24, 2.45) is 0 Å². The number of hydrogen-bond donors (Lipinski definition) is 1. The second kappa shape index (κ2) is 5.48. The fourth-order valence-corrected chi connectivity index (χ4v) is 4.07. The van der Waals surface area contributed by atoms with Crippen LogP contribution in [0, 0.1) is 25.2 Å². The number of hydrogen-bond acceptors (Lipinski definition) is 6. The maximum atomic E-state index is 12.6. The number of furan rings is 1. The summed E-state index contributed by atoms with van der Waals surface area (Å²) >= 11 is 0. The first-order chi connectivity index (χ1) is 9.78. The lowest BCUT2D eigenvalue weighted by Crippen LogP contribution is -2.45. The number of nitriles is 1. The van der Waals surface area contributed by atoms with Gasteiger partial charge in [-0.2, -0.15) is 9.57 Å². The third-order valence-corrected chi connectivity index (χ3v) is 5.21. The molecule has 0 amide bonds. The van der Waals surface area contributed by atoms with E-state index in [-0.39, 0.29) is 41.7 Å². The van der Waals surface area contributed by atoms with Gasteiger partial charge in [-0.25, -0.2) is 13.2 Å². The Bertz CT molecular complexity index is 715. The van der Waals surface area contributed by atoms with Crippen LogP contribution in [0.1, 0.15) is 21.9 Å². The molecule has 2 rings (SSSR count). The molecule has 1 saturated heterocycles. The Labute approximate surface area is 121 Å². The highest BCUT2D eigenvalue weighted by molar-refractivity contribution is 7.89. The highest BCUT2D eigenvalue weighted by Crippen LogP contribution is 2.30. The molecule has 2 heterocycles. The molecule has 1 N–H and O–H groups in total. The lowest BCUT2D eigenvalue weighted by Gasteiger charge is -2.28. The van der Waals surface area contributed by atoms with Gasteiger partial charge in [0, 0.05) is 6.54 Å². The van der Waals surface area contributed by atoms with E-state index in [1.54, 1.807) is 0 Å². The largest absolute Gasteiger partial charge is 0.478 e. The number of carboxylic acids is 1. The zero-order valence-electron chi connectivity index (χ0n) is 11.5. The zero-order chi connectivity index (χ0) is 15.8. The number of aryl methyl sites for hydroxylation is 2. The summed E-state index contributed by atoms with van der Waals surface area (Å²) in [4.78, 5) is 10.9. The van der Waals surface area contributed by atoms with Gasteiger partial charge >= 0.3 is 5.97 Å². The van der Waals surface area contributed by atoms with Crippen LogP contribution in [0.3, 0.4) is 0 Å². The molecule has 114 valence electrons. The maximum absolute atomic E-state index is 12.6. The zero-order valence-corrected chi connectivity index (χ0v) is 12.3. The van der Waals surface area contributed by atoms with E-state index < -0.39 is 22.1 Å². The fraction of sp³-hybridized carbons (Fsp3) is 0.500. The molecule has 21 heavy (non-hydrogen) atoms. The summed E-state index contributed by atoms with van der Waals surface area (Å²) in [5, 5.41) is 18.0. The molecule has 0 aliphatic carbocycles. The SMILES string of the molecule is Cc1oc(C)c(S(=O)(=O)N2CCOC(C#N)C2)c1C(=O)O. The number of aromatic carboxylic acids is 1. The summed E-state index contributed by atoms with van der Waals surface area (Å²) in [6.07, 6.45) is -0.866. The molecule has 9 heteroatoms. The monoisotopic (exact) mass is 314 g/mol.